The van der Waals surface area contributed by atoms with Gasteiger partial charge in [-0.3, -0.25) is 0 Å². The molecule has 0 spiro atoms. The number of fused-ring (bicyclic) bond motifs is 2. The third-order valence-corrected chi connectivity index (χ3v) is 6.90. The highest BCUT2D eigenvalue weighted by atomic mass is 19.4. The van der Waals surface area contributed by atoms with Crippen molar-refractivity contribution in [2.45, 2.75) is 25.8 Å². The number of hydrogen-bond acceptors (Lipinski definition) is 2. The normalized spacial score (nSPS) is 12.2. The van der Waals surface area contributed by atoms with Crippen molar-refractivity contribution in [3.05, 3.63) is 121 Å². The standard InChI is InChI=1S/C32H22F6N2O2/c33-31(34,35)41-27-9-1-21(2-10-27)19-39-15-13-23-5-7-25(17-29(23)39)26-8-6-24-14-16-40(30(24)18-26)20-22-3-11-28(12-4-22)42-32(36,37)38/h1-18H,19-20H2. The van der Waals surface area contributed by atoms with E-state index in [9.17, 15) is 26.3 Å². The fourth-order valence-corrected chi connectivity index (χ4v) is 4.99. The molecule has 0 aliphatic heterocycles. The molecular weight excluding hydrogens is 558 g/mol. The zero-order valence-electron chi connectivity index (χ0n) is 21.8. The van der Waals surface area contributed by atoms with Crippen LogP contribution in [0.5, 0.6) is 11.5 Å². The second kappa shape index (κ2) is 10.5. The van der Waals surface area contributed by atoms with Crippen LogP contribution in [0.4, 0.5) is 26.3 Å². The van der Waals surface area contributed by atoms with Crippen molar-refractivity contribution in [3.63, 3.8) is 0 Å². The van der Waals surface area contributed by atoms with Crippen molar-refractivity contribution in [1.29, 1.82) is 0 Å². The van der Waals surface area contributed by atoms with Crippen LogP contribution in [0.2, 0.25) is 0 Å². The molecule has 0 amide bonds. The maximum Gasteiger partial charge on any atom is 0.573 e. The summed E-state index contributed by atoms with van der Waals surface area (Å²) < 4.78 is 86.9. The van der Waals surface area contributed by atoms with Crippen LogP contribution < -0.4 is 9.47 Å². The van der Waals surface area contributed by atoms with E-state index in [1.807, 2.05) is 57.9 Å². The van der Waals surface area contributed by atoms with Crippen LogP contribution in [0.3, 0.4) is 0 Å². The number of aromatic nitrogens is 2. The van der Waals surface area contributed by atoms with E-state index in [-0.39, 0.29) is 11.5 Å². The number of alkyl halides is 6. The highest BCUT2D eigenvalue weighted by molar-refractivity contribution is 5.89. The van der Waals surface area contributed by atoms with Gasteiger partial charge in [0.05, 0.1) is 0 Å². The average molecular weight is 581 g/mol. The molecule has 0 atom stereocenters. The Bertz CT molecular complexity index is 1710. The summed E-state index contributed by atoms with van der Waals surface area (Å²) in [5, 5.41) is 2.05. The van der Waals surface area contributed by atoms with Gasteiger partial charge in [0, 0.05) is 36.5 Å². The van der Waals surface area contributed by atoms with Gasteiger partial charge in [-0.25, -0.2) is 0 Å². The van der Waals surface area contributed by atoms with Crippen molar-refractivity contribution >= 4 is 21.8 Å². The summed E-state index contributed by atoms with van der Waals surface area (Å²) in [5.41, 5.74) is 5.56. The number of rotatable bonds is 7. The van der Waals surface area contributed by atoms with Crippen LogP contribution in [0.1, 0.15) is 11.1 Å². The van der Waals surface area contributed by atoms with Crippen LogP contribution >= 0.6 is 0 Å². The molecule has 0 aliphatic carbocycles. The van der Waals surface area contributed by atoms with E-state index in [0.717, 1.165) is 44.1 Å². The minimum absolute atomic E-state index is 0.265. The van der Waals surface area contributed by atoms with Crippen LogP contribution in [0.15, 0.2) is 109 Å². The third kappa shape index (κ3) is 6.22. The fourth-order valence-electron chi connectivity index (χ4n) is 4.99. The highest BCUT2D eigenvalue weighted by Crippen LogP contribution is 2.30. The van der Waals surface area contributed by atoms with Crippen molar-refractivity contribution in [3.8, 4) is 22.6 Å². The summed E-state index contributed by atoms with van der Waals surface area (Å²) in [6, 6.07) is 27.9. The largest absolute Gasteiger partial charge is 0.573 e. The molecule has 0 aliphatic rings. The molecular formula is C32H22F6N2O2. The summed E-state index contributed by atoms with van der Waals surface area (Å²) in [5.74, 6) is -0.531. The first kappa shape index (κ1) is 27.3. The predicted molar refractivity (Wildman–Crippen MR) is 147 cm³/mol. The van der Waals surface area contributed by atoms with Crippen molar-refractivity contribution in [2.75, 3.05) is 0 Å². The maximum atomic E-state index is 12.5. The minimum atomic E-state index is -4.74. The lowest BCUT2D eigenvalue weighted by Crippen LogP contribution is -2.17. The average Bonchev–Trinajstić information content (AvgIpc) is 3.52. The van der Waals surface area contributed by atoms with E-state index in [1.54, 1.807) is 24.3 Å². The molecule has 4 nitrogen and oxygen atoms in total. The molecule has 4 aromatic carbocycles. The lowest BCUT2D eigenvalue weighted by atomic mass is 10.0. The Labute approximate surface area is 235 Å². The van der Waals surface area contributed by atoms with Crippen molar-refractivity contribution in [2.24, 2.45) is 0 Å². The summed E-state index contributed by atoms with van der Waals surface area (Å²) >= 11 is 0. The molecule has 0 N–H and O–H groups in total. The molecule has 10 heteroatoms. The number of halogens is 6. The van der Waals surface area contributed by atoms with Gasteiger partial charge >= 0.3 is 12.7 Å². The Balaban J connectivity index is 1.24. The lowest BCUT2D eigenvalue weighted by molar-refractivity contribution is -0.275. The Kier molecular flexibility index (Phi) is 6.84. The van der Waals surface area contributed by atoms with E-state index in [0.29, 0.717) is 13.1 Å². The van der Waals surface area contributed by atoms with Crippen LogP contribution in [0, 0.1) is 0 Å². The first-order chi connectivity index (χ1) is 20.0. The Morgan fingerprint density at radius 3 is 1.21 bits per heavy atom. The molecule has 0 saturated heterocycles. The lowest BCUT2D eigenvalue weighted by Gasteiger charge is -2.11. The van der Waals surface area contributed by atoms with Crippen molar-refractivity contribution < 1.29 is 35.8 Å². The van der Waals surface area contributed by atoms with Gasteiger partial charge in [0.1, 0.15) is 11.5 Å². The van der Waals surface area contributed by atoms with Gasteiger partial charge in [-0.15, -0.1) is 26.3 Å². The number of nitrogens with zero attached hydrogens (tertiary/aromatic N) is 2. The zero-order chi connectivity index (χ0) is 29.5. The molecule has 0 radical (unpaired) electrons. The molecule has 42 heavy (non-hydrogen) atoms. The second-order valence-electron chi connectivity index (χ2n) is 9.82. The molecule has 0 unspecified atom stereocenters. The third-order valence-electron chi connectivity index (χ3n) is 6.90. The SMILES string of the molecule is FC(F)(F)Oc1ccc(Cn2ccc3ccc(-c4ccc5ccn(Cc6ccc(OC(F)(F)F)cc6)c5c4)cc32)cc1. The van der Waals surface area contributed by atoms with Crippen LogP contribution in [0.25, 0.3) is 32.9 Å². The number of hydrogen-bond donors (Lipinski definition) is 0. The quantitative estimate of drug-likeness (QED) is 0.176. The second-order valence-corrected chi connectivity index (χ2v) is 9.82. The van der Waals surface area contributed by atoms with Crippen molar-refractivity contribution in [1.82, 2.24) is 9.13 Å². The monoisotopic (exact) mass is 580 g/mol. The van der Waals surface area contributed by atoms with Crippen LogP contribution in [-0.2, 0) is 13.1 Å². The van der Waals surface area contributed by atoms with Gasteiger partial charge in [0.15, 0.2) is 0 Å². The van der Waals surface area contributed by atoms with Gasteiger partial charge in [0.25, 0.3) is 0 Å². The molecule has 0 saturated carbocycles. The van der Waals surface area contributed by atoms with Gasteiger partial charge in [-0.2, -0.15) is 0 Å². The van der Waals surface area contributed by atoms with Gasteiger partial charge in [-0.1, -0.05) is 48.5 Å². The topological polar surface area (TPSA) is 28.3 Å². The maximum absolute atomic E-state index is 12.5. The predicted octanol–water partition coefficient (Wildman–Crippen LogP) is 9.16. The summed E-state index contributed by atoms with van der Waals surface area (Å²) in [7, 11) is 0. The molecule has 6 rings (SSSR count). The highest BCUT2D eigenvalue weighted by Gasteiger charge is 2.31. The van der Waals surface area contributed by atoms with E-state index in [4.69, 9.17) is 0 Å². The van der Waals surface area contributed by atoms with Gasteiger partial charge < -0.3 is 18.6 Å². The fraction of sp³-hybridized carbons (Fsp3) is 0.125. The van der Waals surface area contributed by atoms with E-state index < -0.39 is 12.7 Å². The van der Waals surface area contributed by atoms with E-state index in [1.165, 1.54) is 24.3 Å². The minimum Gasteiger partial charge on any atom is -0.406 e. The molecule has 214 valence electrons. The molecule has 2 heterocycles. The Morgan fingerprint density at radius 2 is 0.857 bits per heavy atom. The first-order valence-corrected chi connectivity index (χ1v) is 12.9. The Morgan fingerprint density at radius 1 is 0.476 bits per heavy atom. The molecule has 0 fully saturated rings. The molecule has 6 aromatic rings. The summed E-state index contributed by atoms with van der Waals surface area (Å²) in [4.78, 5) is 0. The summed E-state index contributed by atoms with van der Waals surface area (Å²) in [6.45, 7) is 0.932. The Hall–Kier alpha value is -4.86. The smallest absolute Gasteiger partial charge is 0.406 e. The molecule has 0 bridgehead atoms. The number of ether oxygens (including phenoxy) is 2. The molecule has 2 aromatic heterocycles. The zero-order valence-corrected chi connectivity index (χ0v) is 21.8. The van der Waals surface area contributed by atoms with E-state index >= 15 is 0 Å². The van der Waals surface area contributed by atoms with Crippen LogP contribution in [-0.4, -0.2) is 21.9 Å². The summed E-state index contributed by atoms with van der Waals surface area (Å²) in [6.07, 6.45) is -5.60. The van der Waals surface area contributed by atoms with Gasteiger partial charge in [0.2, 0.25) is 0 Å². The number of benzene rings is 4. The first-order valence-electron chi connectivity index (χ1n) is 12.9. The van der Waals surface area contributed by atoms with Gasteiger partial charge in [-0.05, 0) is 81.6 Å². The van der Waals surface area contributed by atoms with E-state index in [2.05, 4.69) is 21.6 Å².